The average molecular weight is 370 g/mol. The van der Waals surface area contributed by atoms with Crippen LogP contribution in [0.15, 0.2) is 29.6 Å². The van der Waals surface area contributed by atoms with Gasteiger partial charge in [0.25, 0.3) is 0 Å². The van der Waals surface area contributed by atoms with Gasteiger partial charge in [0.1, 0.15) is 0 Å². The third-order valence-electron chi connectivity index (χ3n) is 3.37. The van der Waals surface area contributed by atoms with E-state index in [4.69, 9.17) is 5.73 Å². The summed E-state index contributed by atoms with van der Waals surface area (Å²) < 4.78 is 1.19. The van der Waals surface area contributed by atoms with Gasteiger partial charge < -0.3 is 11.1 Å². The molecule has 0 amide bonds. The number of hydrogen-bond acceptors (Lipinski definition) is 3. The number of rotatable bonds is 2. The molecular weight excluding hydrogens is 355 g/mol. The smallest absolute Gasteiger partial charge is 0.0525 e. The Morgan fingerprint density at radius 2 is 2.22 bits per heavy atom. The van der Waals surface area contributed by atoms with E-state index in [1.807, 2.05) is 23.5 Å². The molecule has 3 rings (SSSR count). The van der Waals surface area contributed by atoms with E-state index in [1.165, 1.54) is 34.1 Å². The largest absolute Gasteiger partial charge is 0.399 e. The molecule has 1 aliphatic carbocycles. The van der Waals surface area contributed by atoms with E-state index >= 15 is 0 Å². The molecule has 94 valence electrons. The molecule has 18 heavy (non-hydrogen) atoms. The lowest BCUT2D eigenvalue weighted by Crippen LogP contribution is -2.16. The van der Waals surface area contributed by atoms with Crippen molar-refractivity contribution in [3.05, 3.63) is 43.7 Å². The van der Waals surface area contributed by atoms with E-state index in [2.05, 4.69) is 45.4 Å². The SMILES string of the molecule is Nc1ccc(NC2CCCc3sccc32)c(I)c1. The first kappa shape index (κ1) is 12.3. The first-order valence-electron chi connectivity index (χ1n) is 6.12. The van der Waals surface area contributed by atoms with E-state index in [0.717, 1.165) is 5.69 Å². The number of fused-ring (bicyclic) bond motifs is 1. The second-order valence-corrected chi connectivity index (χ2v) is 6.79. The fourth-order valence-electron chi connectivity index (χ4n) is 2.47. The van der Waals surface area contributed by atoms with Gasteiger partial charge in [0.15, 0.2) is 0 Å². The van der Waals surface area contributed by atoms with Gasteiger partial charge in [0, 0.05) is 19.8 Å². The normalized spacial score (nSPS) is 18.4. The standard InChI is InChI=1S/C14H15IN2S/c15-11-8-9(16)4-5-13(11)17-12-2-1-3-14-10(12)6-7-18-14/h4-8,12,17H,1-3,16H2. The van der Waals surface area contributed by atoms with Crippen molar-refractivity contribution in [3.8, 4) is 0 Å². The summed E-state index contributed by atoms with van der Waals surface area (Å²) in [5.74, 6) is 0. The maximum Gasteiger partial charge on any atom is 0.0525 e. The van der Waals surface area contributed by atoms with Gasteiger partial charge in [-0.2, -0.15) is 0 Å². The summed E-state index contributed by atoms with van der Waals surface area (Å²) in [5.41, 5.74) is 9.29. The molecule has 1 unspecified atom stereocenters. The number of benzene rings is 1. The predicted molar refractivity (Wildman–Crippen MR) is 87.2 cm³/mol. The minimum absolute atomic E-state index is 0.456. The highest BCUT2D eigenvalue weighted by atomic mass is 127. The zero-order chi connectivity index (χ0) is 12.5. The van der Waals surface area contributed by atoms with Gasteiger partial charge >= 0.3 is 0 Å². The van der Waals surface area contributed by atoms with Crippen LogP contribution in [0.2, 0.25) is 0 Å². The summed E-state index contributed by atoms with van der Waals surface area (Å²) in [6, 6.07) is 8.78. The van der Waals surface area contributed by atoms with Crippen molar-refractivity contribution in [2.45, 2.75) is 25.3 Å². The fraction of sp³-hybridized carbons (Fsp3) is 0.286. The molecular formula is C14H15IN2S. The summed E-state index contributed by atoms with van der Waals surface area (Å²) in [7, 11) is 0. The zero-order valence-electron chi connectivity index (χ0n) is 9.95. The molecule has 0 aliphatic heterocycles. The highest BCUT2D eigenvalue weighted by molar-refractivity contribution is 14.1. The Balaban J connectivity index is 1.86. The van der Waals surface area contributed by atoms with Crippen molar-refractivity contribution in [2.24, 2.45) is 0 Å². The molecule has 0 saturated heterocycles. The quantitative estimate of drug-likeness (QED) is 0.607. The van der Waals surface area contributed by atoms with Crippen LogP contribution in [0.4, 0.5) is 11.4 Å². The Morgan fingerprint density at radius 1 is 1.33 bits per heavy atom. The van der Waals surface area contributed by atoms with Crippen molar-refractivity contribution in [2.75, 3.05) is 11.1 Å². The molecule has 0 saturated carbocycles. The van der Waals surface area contributed by atoms with Crippen LogP contribution >= 0.6 is 33.9 Å². The lowest BCUT2D eigenvalue weighted by molar-refractivity contribution is 0.608. The molecule has 0 spiro atoms. The minimum Gasteiger partial charge on any atom is -0.399 e. The van der Waals surface area contributed by atoms with Crippen molar-refractivity contribution in [1.29, 1.82) is 0 Å². The lowest BCUT2D eigenvalue weighted by Gasteiger charge is -2.25. The Hall–Kier alpha value is -0.750. The summed E-state index contributed by atoms with van der Waals surface area (Å²) in [6.07, 6.45) is 3.73. The Morgan fingerprint density at radius 3 is 3.06 bits per heavy atom. The van der Waals surface area contributed by atoms with Gasteiger partial charge in [-0.05, 0) is 77.1 Å². The molecule has 1 heterocycles. The second kappa shape index (κ2) is 5.09. The molecule has 1 aromatic heterocycles. The number of halogens is 1. The maximum atomic E-state index is 5.79. The number of thiophene rings is 1. The Labute approximate surface area is 125 Å². The van der Waals surface area contributed by atoms with Crippen LogP contribution in [-0.4, -0.2) is 0 Å². The number of hydrogen-bond donors (Lipinski definition) is 2. The van der Waals surface area contributed by atoms with Gasteiger partial charge in [-0.15, -0.1) is 11.3 Å². The van der Waals surface area contributed by atoms with Gasteiger partial charge in [0.2, 0.25) is 0 Å². The zero-order valence-corrected chi connectivity index (χ0v) is 12.9. The first-order chi connectivity index (χ1) is 8.74. The summed E-state index contributed by atoms with van der Waals surface area (Å²) >= 11 is 4.22. The van der Waals surface area contributed by atoms with Gasteiger partial charge in [-0.1, -0.05) is 0 Å². The lowest BCUT2D eigenvalue weighted by atomic mass is 9.94. The third kappa shape index (κ3) is 2.36. The molecule has 4 heteroatoms. The maximum absolute atomic E-state index is 5.79. The Bertz CT molecular complexity index is 565. The van der Waals surface area contributed by atoms with Crippen LogP contribution in [0.25, 0.3) is 0 Å². The minimum atomic E-state index is 0.456. The number of nitrogens with two attached hydrogens (primary N) is 1. The van der Waals surface area contributed by atoms with E-state index in [0.29, 0.717) is 6.04 Å². The van der Waals surface area contributed by atoms with Crippen molar-refractivity contribution >= 4 is 45.3 Å². The number of anilines is 2. The van der Waals surface area contributed by atoms with Crippen LogP contribution in [-0.2, 0) is 6.42 Å². The predicted octanol–water partition coefficient (Wildman–Crippen LogP) is 4.42. The molecule has 2 aromatic rings. The van der Waals surface area contributed by atoms with Crippen LogP contribution in [0.5, 0.6) is 0 Å². The van der Waals surface area contributed by atoms with Crippen LogP contribution in [0.3, 0.4) is 0 Å². The van der Waals surface area contributed by atoms with Crippen LogP contribution in [0.1, 0.15) is 29.3 Å². The number of aryl methyl sites for hydroxylation is 1. The summed E-state index contributed by atoms with van der Waals surface area (Å²) in [5, 5.41) is 5.87. The van der Waals surface area contributed by atoms with Gasteiger partial charge in [-0.3, -0.25) is 0 Å². The summed E-state index contributed by atoms with van der Waals surface area (Å²) in [4.78, 5) is 1.55. The monoisotopic (exact) mass is 370 g/mol. The van der Waals surface area contributed by atoms with E-state index < -0.39 is 0 Å². The molecule has 2 nitrogen and oxygen atoms in total. The average Bonchev–Trinajstić information content (AvgIpc) is 2.82. The topological polar surface area (TPSA) is 38.0 Å². The highest BCUT2D eigenvalue weighted by Crippen LogP contribution is 2.36. The molecule has 1 aromatic carbocycles. The molecule has 0 fully saturated rings. The van der Waals surface area contributed by atoms with Crippen molar-refractivity contribution in [3.63, 3.8) is 0 Å². The number of nitrogens with one attached hydrogen (secondary N) is 1. The summed E-state index contributed by atoms with van der Waals surface area (Å²) in [6.45, 7) is 0. The van der Waals surface area contributed by atoms with Gasteiger partial charge in [0.05, 0.1) is 6.04 Å². The van der Waals surface area contributed by atoms with Crippen molar-refractivity contribution < 1.29 is 0 Å². The molecule has 3 N–H and O–H groups in total. The molecule has 0 bridgehead atoms. The number of nitrogen functional groups attached to an aromatic ring is 1. The molecule has 0 radical (unpaired) electrons. The van der Waals surface area contributed by atoms with E-state index in [-0.39, 0.29) is 0 Å². The Kier molecular flexibility index (Phi) is 3.48. The first-order valence-corrected chi connectivity index (χ1v) is 8.08. The molecule has 1 atom stereocenters. The highest BCUT2D eigenvalue weighted by Gasteiger charge is 2.21. The fourth-order valence-corrected chi connectivity index (χ4v) is 4.16. The second-order valence-electron chi connectivity index (χ2n) is 4.63. The van der Waals surface area contributed by atoms with Gasteiger partial charge in [-0.25, -0.2) is 0 Å². The van der Waals surface area contributed by atoms with Crippen molar-refractivity contribution in [1.82, 2.24) is 0 Å². The third-order valence-corrected chi connectivity index (χ3v) is 5.26. The van der Waals surface area contributed by atoms with Crippen LogP contribution in [0, 0.1) is 3.57 Å². The molecule has 1 aliphatic rings. The van der Waals surface area contributed by atoms with E-state index in [1.54, 1.807) is 4.88 Å². The van der Waals surface area contributed by atoms with Crippen LogP contribution < -0.4 is 11.1 Å². The van der Waals surface area contributed by atoms with E-state index in [9.17, 15) is 0 Å².